The molecule has 0 radical (unpaired) electrons. The molecule has 0 aromatic carbocycles. The van der Waals surface area contributed by atoms with Gasteiger partial charge in [0.05, 0.1) is 11.6 Å². The molecule has 20 heavy (non-hydrogen) atoms. The maximum Gasteiger partial charge on any atom is 0.199 e. The summed E-state index contributed by atoms with van der Waals surface area (Å²) in [6.07, 6.45) is 1.68. The number of nitrogens with one attached hydrogen (secondary N) is 1. The van der Waals surface area contributed by atoms with E-state index in [4.69, 9.17) is 4.42 Å². The van der Waals surface area contributed by atoms with E-state index in [1.807, 2.05) is 13.0 Å². The summed E-state index contributed by atoms with van der Waals surface area (Å²) in [5.74, 6) is 2.29. The zero-order chi connectivity index (χ0) is 14.3. The first-order chi connectivity index (χ1) is 9.61. The Kier molecular flexibility index (Phi) is 3.22. The number of furan rings is 1. The van der Waals surface area contributed by atoms with Gasteiger partial charge in [-0.05, 0) is 44.9 Å². The van der Waals surface area contributed by atoms with Crippen LogP contribution in [0.1, 0.15) is 22.9 Å². The summed E-state index contributed by atoms with van der Waals surface area (Å²) in [7, 11) is 0. The number of rotatable bonds is 3. The van der Waals surface area contributed by atoms with Gasteiger partial charge in [-0.25, -0.2) is 9.97 Å². The first kappa shape index (κ1) is 13.1. The highest BCUT2D eigenvalue weighted by molar-refractivity contribution is 7.18. The highest BCUT2D eigenvalue weighted by Gasteiger charge is 2.17. The van der Waals surface area contributed by atoms with Crippen LogP contribution >= 0.6 is 11.3 Å². The molecule has 0 fully saturated rings. The number of aromatic nitrogens is 2. The van der Waals surface area contributed by atoms with Gasteiger partial charge in [-0.1, -0.05) is 0 Å². The van der Waals surface area contributed by atoms with Gasteiger partial charge in [-0.15, -0.1) is 11.3 Å². The minimum Gasteiger partial charge on any atom is -0.461 e. The lowest BCUT2D eigenvalue weighted by atomic mass is 10.2. The smallest absolute Gasteiger partial charge is 0.199 e. The van der Waals surface area contributed by atoms with Gasteiger partial charge in [0, 0.05) is 11.4 Å². The molecule has 0 aliphatic carbocycles. The molecule has 0 bridgehead atoms. The zero-order valence-electron chi connectivity index (χ0n) is 12.1. The van der Waals surface area contributed by atoms with Crippen LogP contribution in [0.5, 0.6) is 0 Å². The fourth-order valence-electron chi connectivity index (χ4n) is 2.25. The predicted molar refractivity (Wildman–Crippen MR) is 83.5 cm³/mol. The average Bonchev–Trinajstić information content (AvgIpc) is 2.95. The Labute approximate surface area is 121 Å². The maximum atomic E-state index is 5.52. The molecule has 4 nitrogen and oxygen atoms in total. The molecule has 0 aliphatic rings. The van der Waals surface area contributed by atoms with E-state index in [2.05, 4.69) is 36.1 Å². The Morgan fingerprint density at radius 1 is 1.25 bits per heavy atom. The van der Waals surface area contributed by atoms with Crippen LogP contribution in [0.3, 0.4) is 0 Å². The monoisotopic (exact) mass is 287 g/mol. The van der Waals surface area contributed by atoms with Gasteiger partial charge in [-0.2, -0.15) is 0 Å². The second kappa shape index (κ2) is 4.90. The van der Waals surface area contributed by atoms with Crippen LogP contribution in [0.2, 0.25) is 0 Å². The van der Waals surface area contributed by atoms with E-state index >= 15 is 0 Å². The molecule has 3 heterocycles. The van der Waals surface area contributed by atoms with Crippen LogP contribution in [0, 0.1) is 20.8 Å². The lowest BCUT2D eigenvalue weighted by molar-refractivity contribution is 0.576. The van der Waals surface area contributed by atoms with Gasteiger partial charge < -0.3 is 9.73 Å². The van der Waals surface area contributed by atoms with Crippen LogP contribution < -0.4 is 5.32 Å². The normalized spacial score (nSPS) is 11.2. The molecule has 0 aliphatic heterocycles. The van der Waals surface area contributed by atoms with Crippen LogP contribution in [0.15, 0.2) is 16.7 Å². The van der Waals surface area contributed by atoms with Crippen molar-refractivity contribution in [3.05, 3.63) is 28.3 Å². The van der Waals surface area contributed by atoms with Crippen LogP contribution in [0.25, 0.3) is 21.8 Å². The third-order valence-electron chi connectivity index (χ3n) is 3.44. The van der Waals surface area contributed by atoms with Crippen LogP contribution in [0.4, 0.5) is 5.82 Å². The number of aryl methyl sites for hydroxylation is 3. The van der Waals surface area contributed by atoms with E-state index < -0.39 is 0 Å². The molecule has 1 N–H and O–H groups in total. The summed E-state index contributed by atoms with van der Waals surface area (Å²) >= 11 is 1.70. The number of anilines is 1. The first-order valence-corrected chi connectivity index (χ1v) is 7.49. The van der Waals surface area contributed by atoms with Crippen molar-refractivity contribution >= 4 is 27.4 Å². The lowest BCUT2D eigenvalue weighted by Gasteiger charge is -2.07. The SMILES string of the molecule is CCNc1nc(-c2occc2C)nc2sc(C)c(C)c12. The first-order valence-electron chi connectivity index (χ1n) is 6.68. The van der Waals surface area contributed by atoms with E-state index in [1.165, 1.54) is 10.4 Å². The Morgan fingerprint density at radius 3 is 2.70 bits per heavy atom. The summed E-state index contributed by atoms with van der Waals surface area (Å²) < 4.78 is 5.52. The maximum absolute atomic E-state index is 5.52. The molecule has 0 unspecified atom stereocenters. The topological polar surface area (TPSA) is 51.0 Å². The Morgan fingerprint density at radius 2 is 2.05 bits per heavy atom. The van der Waals surface area contributed by atoms with Gasteiger partial charge in [0.1, 0.15) is 10.6 Å². The molecule has 3 aromatic heterocycles. The molecular formula is C15H17N3OS. The van der Waals surface area contributed by atoms with Crippen molar-refractivity contribution in [2.75, 3.05) is 11.9 Å². The molecule has 3 aromatic rings. The number of fused-ring (bicyclic) bond motifs is 1. The summed E-state index contributed by atoms with van der Waals surface area (Å²) in [6, 6.07) is 1.93. The Balaban J connectivity index is 2.28. The molecule has 3 rings (SSSR count). The van der Waals surface area contributed by atoms with E-state index in [0.29, 0.717) is 5.82 Å². The molecule has 0 spiro atoms. The third-order valence-corrected chi connectivity index (χ3v) is 4.54. The summed E-state index contributed by atoms with van der Waals surface area (Å²) in [6.45, 7) is 9.15. The van der Waals surface area contributed by atoms with Crippen LogP contribution in [-0.2, 0) is 0 Å². The Bertz CT molecular complexity index is 773. The van der Waals surface area contributed by atoms with Gasteiger partial charge in [0.15, 0.2) is 11.6 Å². The van der Waals surface area contributed by atoms with Gasteiger partial charge in [0.2, 0.25) is 0 Å². The van der Waals surface area contributed by atoms with Crippen molar-refractivity contribution in [3.63, 3.8) is 0 Å². The summed E-state index contributed by atoms with van der Waals surface area (Å²) in [5, 5.41) is 4.47. The molecule has 0 saturated carbocycles. The largest absolute Gasteiger partial charge is 0.461 e. The fourth-order valence-corrected chi connectivity index (χ4v) is 3.28. The van der Waals surface area contributed by atoms with Gasteiger partial charge in [-0.3, -0.25) is 0 Å². The van der Waals surface area contributed by atoms with E-state index in [0.717, 1.165) is 33.9 Å². The van der Waals surface area contributed by atoms with E-state index in [-0.39, 0.29) is 0 Å². The molecule has 0 atom stereocenters. The lowest BCUT2D eigenvalue weighted by Crippen LogP contribution is -2.02. The second-order valence-electron chi connectivity index (χ2n) is 4.82. The highest BCUT2D eigenvalue weighted by atomic mass is 32.1. The zero-order valence-corrected chi connectivity index (χ0v) is 12.9. The second-order valence-corrected chi connectivity index (χ2v) is 6.03. The van der Waals surface area contributed by atoms with Crippen LogP contribution in [-0.4, -0.2) is 16.5 Å². The number of hydrogen-bond acceptors (Lipinski definition) is 5. The van der Waals surface area contributed by atoms with Crippen molar-refractivity contribution in [1.82, 2.24) is 9.97 Å². The molecule has 0 amide bonds. The summed E-state index contributed by atoms with van der Waals surface area (Å²) in [4.78, 5) is 11.6. The van der Waals surface area contributed by atoms with Gasteiger partial charge in [0.25, 0.3) is 0 Å². The molecular weight excluding hydrogens is 270 g/mol. The van der Waals surface area contributed by atoms with Crippen molar-refractivity contribution in [3.8, 4) is 11.6 Å². The predicted octanol–water partition coefficient (Wildman–Crippen LogP) is 4.31. The average molecular weight is 287 g/mol. The molecule has 104 valence electrons. The van der Waals surface area contributed by atoms with Crippen molar-refractivity contribution in [2.24, 2.45) is 0 Å². The van der Waals surface area contributed by atoms with Gasteiger partial charge >= 0.3 is 0 Å². The van der Waals surface area contributed by atoms with Crippen molar-refractivity contribution < 1.29 is 4.42 Å². The van der Waals surface area contributed by atoms with Crippen molar-refractivity contribution in [2.45, 2.75) is 27.7 Å². The quantitative estimate of drug-likeness (QED) is 0.780. The van der Waals surface area contributed by atoms with Crippen molar-refractivity contribution in [1.29, 1.82) is 0 Å². The molecule has 0 saturated heterocycles. The minimum absolute atomic E-state index is 0.650. The summed E-state index contributed by atoms with van der Waals surface area (Å²) in [5.41, 5.74) is 2.31. The third kappa shape index (κ3) is 1.98. The Hall–Kier alpha value is -1.88. The standard InChI is InChI=1S/C15H17N3OS/c1-5-16-13-11-9(3)10(4)20-15(11)18-14(17-13)12-8(2)6-7-19-12/h6-7H,5H2,1-4H3,(H,16,17,18). The number of hydrogen-bond donors (Lipinski definition) is 1. The van der Waals surface area contributed by atoms with E-state index in [1.54, 1.807) is 17.6 Å². The number of thiophene rings is 1. The highest BCUT2D eigenvalue weighted by Crippen LogP contribution is 2.35. The minimum atomic E-state index is 0.650. The fraction of sp³-hybridized carbons (Fsp3) is 0.333. The molecule has 5 heteroatoms. The van der Waals surface area contributed by atoms with E-state index in [9.17, 15) is 0 Å². The number of nitrogens with zero attached hydrogens (tertiary/aromatic N) is 2.